The van der Waals surface area contributed by atoms with Gasteiger partial charge in [0, 0.05) is 18.5 Å². The zero-order chi connectivity index (χ0) is 19.6. The van der Waals surface area contributed by atoms with E-state index in [1.165, 1.54) is 0 Å². The van der Waals surface area contributed by atoms with E-state index in [1.807, 2.05) is 0 Å². The molecule has 2 atom stereocenters. The number of anilines is 2. The van der Waals surface area contributed by atoms with Crippen molar-refractivity contribution < 1.29 is 26.0 Å². The number of rotatable bonds is 2. The second kappa shape index (κ2) is 6.06. The number of fused-ring (bicyclic) bond motifs is 1. The molecule has 3 aliphatic rings. The summed E-state index contributed by atoms with van der Waals surface area (Å²) in [5, 5.41) is 2.85. The fraction of sp³-hybridized carbons (Fsp3) is 0.562. The minimum atomic E-state index is -4.64. The van der Waals surface area contributed by atoms with Crippen molar-refractivity contribution >= 4 is 27.2 Å². The van der Waals surface area contributed by atoms with Crippen molar-refractivity contribution in [2.75, 3.05) is 16.8 Å². The summed E-state index contributed by atoms with van der Waals surface area (Å²) in [6.45, 7) is -0.00853. The molecule has 1 aromatic rings. The first-order valence-electron chi connectivity index (χ1n) is 8.62. The van der Waals surface area contributed by atoms with E-state index >= 15 is 0 Å². The molecule has 11 heteroatoms. The van der Waals surface area contributed by atoms with Gasteiger partial charge < -0.3 is 16.0 Å². The Balaban J connectivity index is 1.86. The molecule has 1 saturated carbocycles. The molecule has 1 saturated heterocycles. The smallest absolute Gasteiger partial charge is 0.357 e. The molecule has 0 aromatic heterocycles. The van der Waals surface area contributed by atoms with Gasteiger partial charge in [-0.2, -0.15) is 21.6 Å². The van der Waals surface area contributed by atoms with Gasteiger partial charge >= 0.3 is 6.18 Å². The standard InChI is InChI=1S/C16H18F4N4O2S/c17-9-6-11(24-5-1-2-10(21)14(24)16(18,19)20)13-12(7-9)27(25,26)23-15(22-13)8-3-4-8/h6-8,10,14H,1-5,21H2,(H,22,23)/t10-,14+/m1/s1. The van der Waals surface area contributed by atoms with Crippen LogP contribution >= 0.6 is 0 Å². The normalized spacial score (nSPS) is 27.6. The molecule has 1 aliphatic carbocycles. The van der Waals surface area contributed by atoms with Crippen molar-refractivity contribution in [1.82, 2.24) is 0 Å². The topological polar surface area (TPSA) is 87.8 Å². The molecular weight excluding hydrogens is 388 g/mol. The highest BCUT2D eigenvalue weighted by Crippen LogP contribution is 2.44. The number of amidine groups is 1. The molecule has 27 heavy (non-hydrogen) atoms. The van der Waals surface area contributed by atoms with Crippen LogP contribution in [-0.4, -0.2) is 39.1 Å². The maximum atomic E-state index is 14.2. The molecule has 148 valence electrons. The van der Waals surface area contributed by atoms with E-state index in [4.69, 9.17) is 5.73 Å². The first-order valence-corrected chi connectivity index (χ1v) is 10.1. The highest BCUT2D eigenvalue weighted by Gasteiger charge is 2.50. The van der Waals surface area contributed by atoms with Crippen molar-refractivity contribution in [1.29, 1.82) is 0 Å². The Kier molecular flexibility index (Phi) is 4.15. The van der Waals surface area contributed by atoms with Crippen LogP contribution in [0.3, 0.4) is 0 Å². The number of halogens is 4. The zero-order valence-corrected chi connectivity index (χ0v) is 14.9. The van der Waals surface area contributed by atoms with Crippen molar-refractivity contribution in [2.24, 2.45) is 16.0 Å². The largest absolute Gasteiger partial charge is 0.410 e. The van der Waals surface area contributed by atoms with Crippen LogP contribution in [0.5, 0.6) is 0 Å². The summed E-state index contributed by atoms with van der Waals surface area (Å²) in [6, 6.07) is -1.51. The second-order valence-corrected chi connectivity index (χ2v) is 8.71. The van der Waals surface area contributed by atoms with Gasteiger partial charge in [0.2, 0.25) is 0 Å². The van der Waals surface area contributed by atoms with Crippen LogP contribution in [0.25, 0.3) is 0 Å². The third kappa shape index (κ3) is 3.27. The Hall–Kier alpha value is -1.88. The molecule has 3 N–H and O–H groups in total. The van der Waals surface area contributed by atoms with Gasteiger partial charge in [-0.05, 0) is 37.8 Å². The minimum Gasteiger partial charge on any atom is -0.357 e. The van der Waals surface area contributed by atoms with Gasteiger partial charge in [0.25, 0.3) is 10.0 Å². The van der Waals surface area contributed by atoms with E-state index in [-0.39, 0.29) is 36.1 Å². The summed E-state index contributed by atoms with van der Waals surface area (Å²) in [6.07, 6.45) is -2.59. The van der Waals surface area contributed by atoms with Gasteiger partial charge in [-0.15, -0.1) is 4.40 Å². The van der Waals surface area contributed by atoms with Crippen LogP contribution in [0, 0.1) is 11.7 Å². The lowest BCUT2D eigenvalue weighted by atomic mass is 9.95. The maximum absolute atomic E-state index is 14.2. The van der Waals surface area contributed by atoms with Gasteiger partial charge in [0.1, 0.15) is 22.6 Å². The third-order valence-electron chi connectivity index (χ3n) is 5.08. The SMILES string of the molecule is N[C@@H]1CCCN(c2cc(F)cc3c2NC(C2CC2)=NS3(=O)=O)[C@@H]1C(F)(F)F. The van der Waals surface area contributed by atoms with Gasteiger partial charge in [-0.1, -0.05) is 0 Å². The predicted octanol–water partition coefficient (Wildman–Crippen LogP) is 2.61. The number of hydrogen-bond acceptors (Lipinski definition) is 5. The highest BCUT2D eigenvalue weighted by molar-refractivity contribution is 7.90. The second-order valence-electron chi connectivity index (χ2n) is 7.13. The van der Waals surface area contributed by atoms with Crippen molar-refractivity contribution in [3.05, 3.63) is 17.9 Å². The molecule has 0 radical (unpaired) electrons. The number of nitrogens with one attached hydrogen (secondary N) is 1. The van der Waals surface area contributed by atoms with E-state index in [1.54, 1.807) is 0 Å². The number of benzene rings is 1. The average molecular weight is 406 g/mol. The maximum Gasteiger partial charge on any atom is 0.410 e. The Labute approximate surface area is 153 Å². The van der Waals surface area contributed by atoms with Crippen molar-refractivity contribution in [3.8, 4) is 0 Å². The number of piperidine rings is 1. The number of alkyl halides is 3. The molecule has 2 aliphatic heterocycles. The first-order chi connectivity index (χ1) is 12.6. The lowest BCUT2D eigenvalue weighted by Gasteiger charge is -2.43. The predicted molar refractivity (Wildman–Crippen MR) is 91.8 cm³/mol. The minimum absolute atomic E-state index is 0.00853. The molecule has 2 fully saturated rings. The summed E-state index contributed by atoms with van der Waals surface area (Å²) in [4.78, 5) is 0.510. The number of sulfonamides is 1. The van der Waals surface area contributed by atoms with Crippen LogP contribution in [0.4, 0.5) is 28.9 Å². The zero-order valence-electron chi connectivity index (χ0n) is 14.1. The summed E-state index contributed by atoms with van der Waals surface area (Å²) < 4.78 is 83.8. The molecular formula is C16H18F4N4O2S. The lowest BCUT2D eigenvalue weighted by molar-refractivity contribution is -0.155. The number of nitrogens with two attached hydrogens (primary N) is 1. The number of nitrogens with zero attached hydrogens (tertiary/aromatic N) is 2. The summed E-state index contributed by atoms with van der Waals surface area (Å²) in [7, 11) is -4.20. The Bertz CT molecular complexity index is 912. The van der Waals surface area contributed by atoms with E-state index in [0.717, 1.165) is 29.9 Å². The van der Waals surface area contributed by atoms with E-state index in [0.29, 0.717) is 6.42 Å². The van der Waals surface area contributed by atoms with Gasteiger partial charge in [-0.3, -0.25) is 0 Å². The molecule has 0 amide bonds. The van der Waals surface area contributed by atoms with Crippen LogP contribution in [0.15, 0.2) is 21.4 Å². The van der Waals surface area contributed by atoms with Crippen LogP contribution in [-0.2, 0) is 10.0 Å². The molecule has 0 spiro atoms. The Morgan fingerprint density at radius 3 is 2.56 bits per heavy atom. The Morgan fingerprint density at radius 1 is 1.22 bits per heavy atom. The number of hydrogen-bond donors (Lipinski definition) is 2. The lowest BCUT2D eigenvalue weighted by Crippen LogP contribution is -2.59. The summed E-state index contributed by atoms with van der Waals surface area (Å²) in [5.74, 6) is -0.827. The van der Waals surface area contributed by atoms with Gasteiger partial charge in [-0.25, -0.2) is 4.39 Å². The van der Waals surface area contributed by atoms with Crippen LogP contribution < -0.4 is 16.0 Å². The fourth-order valence-corrected chi connectivity index (χ4v) is 4.93. The molecule has 0 bridgehead atoms. The molecule has 1 aromatic carbocycles. The average Bonchev–Trinajstić information content (AvgIpc) is 3.38. The fourth-order valence-electron chi connectivity index (χ4n) is 3.70. The Morgan fingerprint density at radius 2 is 1.93 bits per heavy atom. The van der Waals surface area contributed by atoms with Crippen LogP contribution in [0.1, 0.15) is 25.7 Å². The molecule has 0 unspecified atom stereocenters. The van der Waals surface area contributed by atoms with E-state index in [9.17, 15) is 26.0 Å². The monoisotopic (exact) mass is 406 g/mol. The van der Waals surface area contributed by atoms with Crippen molar-refractivity contribution in [2.45, 2.75) is 48.8 Å². The third-order valence-corrected chi connectivity index (χ3v) is 6.40. The molecule has 2 heterocycles. The van der Waals surface area contributed by atoms with E-state index < -0.39 is 39.0 Å². The highest BCUT2D eigenvalue weighted by atomic mass is 32.2. The summed E-state index contributed by atoms with van der Waals surface area (Å²) in [5.41, 5.74) is 5.52. The first kappa shape index (κ1) is 18.5. The van der Waals surface area contributed by atoms with Crippen molar-refractivity contribution in [3.63, 3.8) is 0 Å². The quantitative estimate of drug-likeness (QED) is 0.738. The molecule has 4 rings (SSSR count). The van der Waals surface area contributed by atoms with Crippen LogP contribution in [0.2, 0.25) is 0 Å². The summed E-state index contributed by atoms with van der Waals surface area (Å²) >= 11 is 0. The molecule has 6 nitrogen and oxygen atoms in total. The van der Waals surface area contributed by atoms with E-state index in [2.05, 4.69) is 9.71 Å². The van der Waals surface area contributed by atoms with Gasteiger partial charge in [0.05, 0.1) is 11.4 Å². The van der Waals surface area contributed by atoms with Gasteiger partial charge in [0.15, 0.2) is 0 Å².